The van der Waals surface area contributed by atoms with E-state index < -0.39 is 0 Å². The van der Waals surface area contributed by atoms with Crippen molar-refractivity contribution < 1.29 is 0 Å². The number of nitrogens with zero attached hydrogens (tertiary/aromatic N) is 2. The molecule has 2 rings (SSSR count). The van der Waals surface area contributed by atoms with Crippen LogP contribution in [0.3, 0.4) is 0 Å². The number of thiazole rings is 2. The molecule has 2 nitrogen and oxygen atoms in total. The van der Waals surface area contributed by atoms with E-state index in [-0.39, 0.29) is 0 Å². The van der Waals surface area contributed by atoms with Gasteiger partial charge in [0, 0.05) is 0 Å². The average Bonchev–Trinajstić information content (AvgIpc) is 2.59. The summed E-state index contributed by atoms with van der Waals surface area (Å²) in [6, 6.07) is 0. The van der Waals surface area contributed by atoms with Gasteiger partial charge in [-0.05, 0) is 13.8 Å². The highest BCUT2D eigenvalue weighted by Gasteiger charge is 2.09. The topological polar surface area (TPSA) is 25.8 Å². The minimum atomic E-state index is 1.10. The number of hydrogen-bond donors (Lipinski definition) is 0. The summed E-state index contributed by atoms with van der Waals surface area (Å²) in [5.74, 6) is 0. The van der Waals surface area contributed by atoms with Crippen LogP contribution in [0.25, 0.3) is 9.75 Å². The molecule has 0 aliphatic rings. The van der Waals surface area contributed by atoms with Crippen molar-refractivity contribution >= 4 is 22.7 Å². The molecule has 0 aliphatic carbocycles. The van der Waals surface area contributed by atoms with Gasteiger partial charge in [0.25, 0.3) is 0 Å². The van der Waals surface area contributed by atoms with Gasteiger partial charge >= 0.3 is 0 Å². The third-order valence-electron chi connectivity index (χ3n) is 1.70. The molecule has 4 heteroatoms. The highest BCUT2D eigenvalue weighted by Crippen LogP contribution is 2.32. The Bertz CT molecular complexity index is 351. The Morgan fingerprint density at radius 1 is 0.917 bits per heavy atom. The highest BCUT2D eigenvalue weighted by atomic mass is 32.1. The predicted octanol–water partition coefficient (Wildman–Crippen LogP) is 2.88. The van der Waals surface area contributed by atoms with E-state index in [2.05, 4.69) is 9.97 Å². The fourth-order valence-corrected chi connectivity index (χ4v) is 2.92. The number of rotatable bonds is 1. The van der Waals surface area contributed by atoms with Crippen LogP contribution in [-0.4, -0.2) is 9.97 Å². The van der Waals surface area contributed by atoms with Crippen LogP contribution >= 0.6 is 22.7 Å². The summed E-state index contributed by atoms with van der Waals surface area (Å²) in [5.41, 5.74) is 5.97. The van der Waals surface area contributed by atoms with Gasteiger partial charge in [-0.25, -0.2) is 9.97 Å². The van der Waals surface area contributed by atoms with Crippen molar-refractivity contribution in [3.05, 3.63) is 22.4 Å². The molecule has 0 amide bonds. The van der Waals surface area contributed by atoms with Crippen LogP contribution in [0.15, 0.2) is 11.0 Å². The van der Waals surface area contributed by atoms with Gasteiger partial charge in [0.05, 0.1) is 32.2 Å². The summed E-state index contributed by atoms with van der Waals surface area (Å²) in [6.45, 7) is 4.07. The molecule has 0 aliphatic heterocycles. The zero-order chi connectivity index (χ0) is 8.55. The van der Waals surface area contributed by atoms with Crippen LogP contribution in [0.5, 0.6) is 0 Å². The van der Waals surface area contributed by atoms with Crippen molar-refractivity contribution in [3.63, 3.8) is 0 Å². The molecule has 0 radical (unpaired) electrons. The lowest BCUT2D eigenvalue weighted by Gasteiger charge is -1.93. The second-order valence-corrected chi connectivity index (χ2v) is 4.24. The maximum absolute atomic E-state index is 4.21. The molecule has 0 unspecified atom stereocenters. The molecule has 0 saturated heterocycles. The molecule has 0 saturated carbocycles. The average molecular weight is 196 g/mol. The lowest BCUT2D eigenvalue weighted by Crippen LogP contribution is -1.77. The SMILES string of the molecule is Cc1ncsc1-c1scnc1C. The number of aryl methyl sites for hydroxylation is 2. The number of aromatic nitrogens is 2. The Balaban J connectivity index is 2.57. The third kappa shape index (κ3) is 1.17. The molecule has 12 heavy (non-hydrogen) atoms. The van der Waals surface area contributed by atoms with Crippen molar-refractivity contribution in [2.75, 3.05) is 0 Å². The second kappa shape index (κ2) is 2.95. The van der Waals surface area contributed by atoms with Crippen molar-refractivity contribution in [2.24, 2.45) is 0 Å². The van der Waals surface area contributed by atoms with Crippen LogP contribution in [0.1, 0.15) is 11.4 Å². The molecule has 2 aromatic rings. The Hall–Kier alpha value is -0.740. The summed E-state index contributed by atoms with van der Waals surface area (Å²) < 4.78 is 0. The molecular formula is C8H8N2S2. The van der Waals surface area contributed by atoms with Crippen LogP contribution in [-0.2, 0) is 0 Å². The van der Waals surface area contributed by atoms with E-state index in [0.29, 0.717) is 0 Å². The fourth-order valence-electron chi connectivity index (χ4n) is 1.04. The van der Waals surface area contributed by atoms with Crippen molar-refractivity contribution in [1.29, 1.82) is 0 Å². The van der Waals surface area contributed by atoms with E-state index in [4.69, 9.17) is 0 Å². The predicted molar refractivity (Wildman–Crippen MR) is 52.7 cm³/mol. The second-order valence-electron chi connectivity index (χ2n) is 2.53. The van der Waals surface area contributed by atoms with Crippen LogP contribution in [0.2, 0.25) is 0 Å². The summed E-state index contributed by atoms with van der Waals surface area (Å²) in [4.78, 5) is 10.9. The van der Waals surface area contributed by atoms with E-state index >= 15 is 0 Å². The summed E-state index contributed by atoms with van der Waals surface area (Å²) >= 11 is 3.36. The zero-order valence-corrected chi connectivity index (χ0v) is 8.50. The Labute approximate surface area is 78.9 Å². The summed E-state index contributed by atoms with van der Waals surface area (Å²) in [5, 5.41) is 0. The largest absolute Gasteiger partial charge is 0.249 e. The van der Waals surface area contributed by atoms with Crippen molar-refractivity contribution in [3.8, 4) is 9.75 Å². The molecule has 62 valence electrons. The minimum Gasteiger partial charge on any atom is -0.249 e. The molecule has 0 N–H and O–H groups in total. The van der Waals surface area contributed by atoms with E-state index in [9.17, 15) is 0 Å². The molecule has 2 aromatic heterocycles. The summed E-state index contributed by atoms with van der Waals surface area (Å²) in [6.07, 6.45) is 0. The molecule has 0 fully saturated rings. The van der Waals surface area contributed by atoms with Gasteiger partial charge in [0.15, 0.2) is 0 Å². The first-order valence-corrected chi connectivity index (χ1v) is 5.35. The van der Waals surface area contributed by atoms with E-state index in [0.717, 1.165) is 11.4 Å². The van der Waals surface area contributed by atoms with Crippen LogP contribution in [0, 0.1) is 13.8 Å². The monoisotopic (exact) mass is 196 g/mol. The smallest absolute Gasteiger partial charge is 0.0801 e. The Morgan fingerprint density at radius 3 is 1.58 bits per heavy atom. The van der Waals surface area contributed by atoms with Gasteiger partial charge in [-0.15, -0.1) is 22.7 Å². The highest BCUT2D eigenvalue weighted by molar-refractivity contribution is 7.20. The standard InChI is InChI=1S/C8H8N2S2/c1-5-7(11-3-9-5)8-6(2)10-4-12-8/h3-4H,1-2H3. The van der Waals surface area contributed by atoms with Gasteiger partial charge in [-0.1, -0.05) is 0 Å². The Morgan fingerprint density at radius 2 is 1.33 bits per heavy atom. The van der Waals surface area contributed by atoms with Gasteiger partial charge in [-0.2, -0.15) is 0 Å². The van der Waals surface area contributed by atoms with E-state index in [1.807, 2.05) is 24.9 Å². The minimum absolute atomic E-state index is 1.10. The maximum atomic E-state index is 4.21. The quantitative estimate of drug-likeness (QED) is 0.701. The Kier molecular flexibility index (Phi) is 1.94. The maximum Gasteiger partial charge on any atom is 0.0801 e. The van der Waals surface area contributed by atoms with Crippen molar-refractivity contribution in [1.82, 2.24) is 9.97 Å². The molecule has 0 spiro atoms. The zero-order valence-electron chi connectivity index (χ0n) is 6.87. The van der Waals surface area contributed by atoms with E-state index in [1.54, 1.807) is 22.7 Å². The van der Waals surface area contributed by atoms with Gasteiger partial charge < -0.3 is 0 Å². The third-order valence-corrected chi connectivity index (χ3v) is 3.72. The first-order chi connectivity index (χ1) is 5.79. The van der Waals surface area contributed by atoms with Crippen LogP contribution < -0.4 is 0 Å². The molecule has 0 aromatic carbocycles. The normalized spacial score (nSPS) is 10.5. The first-order valence-electron chi connectivity index (χ1n) is 3.59. The molecule has 0 atom stereocenters. The fraction of sp³-hybridized carbons (Fsp3) is 0.250. The summed E-state index contributed by atoms with van der Waals surface area (Å²) in [7, 11) is 0. The molecule has 2 heterocycles. The van der Waals surface area contributed by atoms with Crippen molar-refractivity contribution in [2.45, 2.75) is 13.8 Å². The first kappa shape index (κ1) is 7.89. The lowest BCUT2D eigenvalue weighted by atomic mass is 10.3. The van der Waals surface area contributed by atoms with Gasteiger partial charge in [-0.3, -0.25) is 0 Å². The number of hydrogen-bond acceptors (Lipinski definition) is 4. The van der Waals surface area contributed by atoms with E-state index in [1.165, 1.54) is 9.75 Å². The molecule has 0 bridgehead atoms. The molecular weight excluding hydrogens is 188 g/mol. The lowest BCUT2D eigenvalue weighted by molar-refractivity contribution is 1.25. The van der Waals surface area contributed by atoms with Gasteiger partial charge in [0.1, 0.15) is 0 Å². The van der Waals surface area contributed by atoms with Crippen LogP contribution in [0.4, 0.5) is 0 Å². The van der Waals surface area contributed by atoms with Gasteiger partial charge in [0.2, 0.25) is 0 Å².